The van der Waals surface area contributed by atoms with Crippen LogP contribution in [0.2, 0.25) is 0 Å². The third-order valence-corrected chi connectivity index (χ3v) is 4.15. The molecule has 6 nitrogen and oxygen atoms in total. The molecule has 8 heteroatoms. The summed E-state index contributed by atoms with van der Waals surface area (Å²) >= 11 is 0. The Hall–Kier alpha value is -2.77. The lowest BCUT2D eigenvalue weighted by molar-refractivity contribution is -0.128. The maximum atomic E-state index is 13.8. The van der Waals surface area contributed by atoms with Gasteiger partial charge in [-0.15, -0.1) is 0 Å². The Morgan fingerprint density at radius 1 is 1.35 bits per heavy atom. The fraction of sp³-hybridized carbons (Fsp3) is 0.389. The number of nitrogens with two attached hydrogens (primary N) is 1. The first-order chi connectivity index (χ1) is 12.3. The third-order valence-electron chi connectivity index (χ3n) is 4.15. The summed E-state index contributed by atoms with van der Waals surface area (Å²) in [7, 11) is 0. The van der Waals surface area contributed by atoms with Gasteiger partial charge in [0.15, 0.2) is 11.7 Å². The van der Waals surface area contributed by atoms with E-state index in [4.69, 9.17) is 10.2 Å². The lowest BCUT2D eigenvalue weighted by Crippen LogP contribution is -2.48. The third kappa shape index (κ3) is 4.87. The van der Waals surface area contributed by atoms with Gasteiger partial charge in [0, 0.05) is 18.9 Å². The van der Waals surface area contributed by atoms with Crippen LogP contribution < -0.4 is 11.1 Å². The van der Waals surface area contributed by atoms with Crippen molar-refractivity contribution >= 4 is 11.8 Å². The van der Waals surface area contributed by atoms with Crippen molar-refractivity contribution in [3.05, 3.63) is 41.9 Å². The molecule has 0 spiro atoms. The number of carbonyl (C=O) groups excluding carboxylic acids is 2. The highest BCUT2D eigenvalue weighted by atomic mass is 19.1. The Labute approximate surface area is 149 Å². The molecule has 0 aliphatic carbocycles. The first kappa shape index (κ1) is 19.6. The highest BCUT2D eigenvalue weighted by Crippen LogP contribution is 2.24. The van der Waals surface area contributed by atoms with Crippen molar-refractivity contribution in [3.63, 3.8) is 0 Å². The Morgan fingerprint density at radius 2 is 2.08 bits per heavy atom. The highest BCUT2D eigenvalue weighted by Gasteiger charge is 2.23. The van der Waals surface area contributed by atoms with Crippen LogP contribution in [0.25, 0.3) is 11.3 Å². The molecular formula is C18H21F2N3O3. The van der Waals surface area contributed by atoms with E-state index in [-0.39, 0.29) is 41.9 Å². The summed E-state index contributed by atoms with van der Waals surface area (Å²) in [5.74, 6) is -2.09. The molecule has 1 aromatic heterocycles. The number of halogens is 2. The number of nitrogens with zero attached hydrogens (tertiary/aromatic N) is 1. The van der Waals surface area contributed by atoms with Gasteiger partial charge in [0.25, 0.3) is 0 Å². The lowest BCUT2D eigenvalue weighted by atomic mass is 9.98. The number of amides is 2. The van der Waals surface area contributed by atoms with Crippen molar-refractivity contribution in [1.29, 1.82) is 0 Å². The number of primary amides is 1. The molecule has 3 N–H and O–H groups in total. The molecule has 26 heavy (non-hydrogen) atoms. The number of hydrogen-bond donors (Lipinski definition) is 2. The average molecular weight is 365 g/mol. The van der Waals surface area contributed by atoms with Gasteiger partial charge in [0.2, 0.25) is 11.8 Å². The zero-order valence-corrected chi connectivity index (χ0v) is 14.6. The van der Waals surface area contributed by atoms with Gasteiger partial charge in [0.1, 0.15) is 17.7 Å². The Bertz CT molecular complexity index is 792. The summed E-state index contributed by atoms with van der Waals surface area (Å²) in [6, 6.07) is 2.39. The van der Waals surface area contributed by atoms with Gasteiger partial charge in [-0.3, -0.25) is 9.59 Å². The van der Waals surface area contributed by atoms with Crippen LogP contribution in [0.4, 0.5) is 8.78 Å². The van der Waals surface area contributed by atoms with Crippen molar-refractivity contribution in [2.45, 2.75) is 39.2 Å². The monoisotopic (exact) mass is 365 g/mol. The number of aryl methyl sites for hydroxylation is 1. The van der Waals surface area contributed by atoms with Crippen LogP contribution in [0.1, 0.15) is 32.6 Å². The van der Waals surface area contributed by atoms with Crippen molar-refractivity contribution in [2.24, 2.45) is 11.7 Å². The summed E-state index contributed by atoms with van der Waals surface area (Å²) in [4.78, 5) is 27.5. The van der Waals surface area contributed by atoms with E-state index in [2.05, 4.69) is 10.3 Å². The zero-order chi connectivity index (χ0) is 19.3. The molecule has 0 radical (unpaired) electrons. The summed E-state index contributed by atoms with van der Waals surface area (Å²) in [5.41, 5.74) is 5.40. The number of oxazole rings is 1. The van der Waals surface area contributed by atoms with Crippen molar-refractivity contribution in [2.75, 3.05) is 0 Å². The molecule has 2 atom stereocenters. The molecule has 140 valence electrons. The summed E-state index contributed by atoms with van der Waals surface area (Å²) in [6.07, 6.45) is 2.21. The lowest BCUT2D eigenvalue weighted by Gasteiger charge is -2.20. The molecule has 0 bridgehead atoms. The molecule has 0 fully saturated rings. The van der Waals surface area contributed by atoms with Crippen LogP contribution in [0.15, 0.2) is 28.8 Å². The maximum absolute atomic E-state index is 13.8. The smallest absolute Gasteiger partial charge is 0.240 e. The largest absolute Gasteiger partial charge is 0.441 e. The number of nitrogens with one attached hydrogen (secondary N) is 1. The molecule has 2 rings (SSSR count). The molecule has 2 amide bonds. The second kappa shape index (κ2) is 8.55. The fourth-order valence-electron chi connectivity index (χ4n) is 2.44. The number of rotatable bonds is 8. The predicted molar refractivity (Wildman–Crippen MR) is 90.8 cm³/mol. The van der Waals surface area contributed by atoms with Crippen LogP contribution >= 0.6 is 0 Å². The minimum Gasteiger partial charge on any atom is -0.441 e. The molecule has 0 saturated carbocycles. The normalized spacial score (nSPS) is 13.2. The van der Waals surface area contributed by atoms with Crippen molar-refractivity contribution in [1.82, 2.24) is 10.3 Å². The topological polar surface area (TPSA) is 98.2 Å². The van der Waals surface area contributed by atoms with Crippen LogP contribution in [0.5, 0.6) is 0 Å². The second-order valence-corrected chi connectivity index (χ2v) is 6.08. The van der Waals surface area contributed by atoms with E-state index in [1.165, 1.54) is 12.3 Å². The van der Waals surface area contributed by atoms with E-state index in [1.54, 1.807) is 0 Å². The Morgan fingerprint density at radius 3 is 2.69 bits per heavy atom. The van der Waals surface area contributed by atoms with Gasteiger partial charge in [-0.05, 0) is 18.1 Å². The van der Waals surface area contributed by atoms with E-state index in [0.29, 0.717) is 6.42 Å². The standard InChI is InChI=1S/C18H21F2N3O3/c1-3-10(2)17(18(21)25)23-15(24)6-7-16-22-9-14(26-16)12-5-4-11(19)8-13(12)20/h4-5,8-10,17H,3,6-7H2,1-2H3,(H2,21,25)(H,23,24). The van der Waals surface area contributed by atoms with E-state index in [0.717, 1.165) is 12.1 Å². The summed E-state index contributed by atoms with van der Waals surface area (Å²) in [5, 5.41) is 2.61. The van der Waals surface area contributed by atoms with Gasteiger partial charge in [0.05, 0.1) is 11.8 Å². The van der Waals surface area contributed by atoms with E-state index < -0.39 is 23.6 Å². The molecule has 1 heterocycles. The molecule has 0 aliphatic heterocycles. The predicted octanol–water partition coefficient (Wildman–Crippen LogP) is 2.57. The number of aromatic nitrogens is 1. The summed E-state index contributed by atoms with van der Waals surface area (Å²) < 4.78 is 32.1. The fourth-order valence-corrected chi connectivity index (χ4v) is 2.44. The van der Waals surface area contributed by atoms with E-state index in [1.807, 2.05) is 13.8 Å². The van der Waals surface area contributed by atoms with Gasteiger partial charge in [-0.1, -0.05) is 20.3 Å². The maximum Gasteiger partial charge on any atom is 0.240 e. The van der Waals surface area contributed by atoms with Crippen LogP contribution in [0.3, 0.4) is 0 Å². The van der Waals surface area contributed by atoms with Crippen LogP contribution in [-0.4, -0.2) is 22.8 Å². The quantitative estimate of drug-likeness (QED) is 0.751. The van der Waals surface area contributed by atoms with E-state index >= 15 is 0 Å². The SMILES string of the molecule is CCC(C)C(NC(=O)CCc1ncc(-c2ccc(F)cc2F)o1)C(N)=O. The number of hydrogen-bond acceptors (Lipinski definition) is 4. The molecule has 0 saturated heterocycles. The zero-order valence-electron chi connectivity index (χ0n) is 14.6. The minimum atomic E-state index is -0.761. The first-order valence-electron chi connectivity index (χ1n) is 8.30. The van der Waals surface area contributed by atoms with Gasteiger partial charge in [-0.25, -0.2) is 13.8 Å². The summed E-state index contributed by atoms with van der Waals surface area (Å²) in [6.45, 7) is 3.73. The number of carbonyl (C=O) groups is 2. The molecule has 1 aromatic carbocycles. The highest BCUT2D eigenvalue weighted by molar-refractivity contribution is 5.86. The van der Waals surface area contributed by atoms with Gasteiger partial charge >= 0.3 is 0 Å². The second-order valence-electron chi connectivity index (χ2n) is 6.08. The Balaban J connectivity index is 1.97. The van der Waals surface area contributed by atoms with E-state index in [9.17, 15) is 18.4 Å². The van der Waals surface area contributed by atoms with Gasteiger partial charge in [-0.2, -0.15) is 0 Å². The Kier molecular flexibility index (Phi) is 6.43. The first-order valence-corrected chi connectivity index (χ1v) is 8.30. The molecule has 0 aliphatic rings. The molecular weight excluding hydrogens is 344 g/mol. The molecule has 2 aromatic rings. The van der Waals surface area contributed by atoms with Gasteiger partial charge < -0.3 is 15.5 Å². The average Bonchev–Trinajstić information content (AvgIpc) is 3.05. The van der Waals surface area contributed by atoms with Crippen molar-refractivity contribution < 1.29 is 22.8 Å². The number of benzene rings is 1. The van der Waals surface area contributed by atoms with Crippen LogP contribution in [0, 0.1) is 17.6 Å². The minimum absolute atomic E-state index is 0.0338. The van der Waals surface area contributed by atoms with Crippen LogP contribution in [-0.2, 0) is 16.0 Å². The van der Waals surface area contributed by atoms with Crippen molar-refractivity contribution in [3.8, 4) is 11.3 Å². The molecule has 2 unspecified atom stereocenters.